The van der Waals surface area contributed by atoms with E-state index in [2.05, 4.69) is 72.8 Å². The monoisotopic (exact) mass is 284 g/mol. The Kier molecular flexibility index (Phi) is 5.78. The first-order chi connectivity index (χ1) is 10.2. The van der Waals surface area contributed by atoms with Crippen LogP contribution in [0.15, 0.2) is 48.5 Å². The van der Waals surface area contributed by atoms with Crippen molar-refractivity contribution >= 4 is 5.69 Å². The van der Waals surface area contributed by atoms with E-state index < -0.39 is 0 Å². The predicted molar refractivity (Wildman–Crippen MR) is 88.5 cm³/mol. The van der Waals surface area contributed by atoms with Crippen molar-refractivity contribution < 1.29 is 4.74 Å². The van der Waals surface area contributed by atoms with Crippen molar-refractivity contribution in [2.24, 2.45) is 0 Å². The molecule has 2 aromatic rings. The molecule has 3 nitrogen and oxygen atoms in total. The van der Waals surface area contributed by atoms with Crippen LogP contribution in [0.4, 0.5) is 5.69 Å². The Morgan fingerprint density at radius 3 is 1.76 bits per heavy atom. The second-order valence-electron chi connectivity index (χ2n) is 5.41. The molecule has 2 rings (SSSR count). The van der Waals surface area contributed by atoms with Crippen molar-refractivity contribution in [1.82, 2.24) is 5.32 Å². The predicted octanol–water partition coefficient (Wildman–Crippen LogP) is 3.19. The van der Waals surface area contributed by atoms with Gasteiger partial charge in [0.2, 0.25) is 0 Å². The van der Waals surface area contributed by atoms with Crippen LogP contribution in [0.25, 0.3) is 0 Å². The molecular formula is C18H24N2O. The van der Waals surface area contributed by atoms with Crippen molar-refractivity contribution in [3.8, 4) is 0 Å². The number of nitrogens with zero attached hydrogens (tertiary/aromatic N) is 1. The maximum Gasteiger partial charge on any atom is 0.0713 e. The minimum Gasteiger partial charge on any atom is -0.380 e. The lowest BCUT2D eigenvalue weighted by Crippen LogP contribution is -2.13. The SMILES string of the molecule is COCc1ccc(CNCc2ccc(N(C)C)cc2)cc1. The number of methoxy groups -OCH3 is 1. The largest absolute Gasteiger partial charge is 0.380 e. The molecule has 0 spiro atoms. The summed E-state index contributed by atoms with van der Waals surface area (Å²) in [6.07, 6.45) is 0. The van der Waals surface area contributed by atoms with Gasteiger partial charge in [-0.2, -0.15) is 0 Å². The van der Waals surface area contributed by atoms with Gasteiger partial charge in [-0.1, -0.05) is 36.4 Å². The number of rotatable bonds is 7. The Hall–Kier alpha value is -1.84. The Morgan fingerprint density at radius 2 is 1.29 bits per heavy atom. The fourth-order valence-corrected chi connectivity index (χ4v) is 2.18. The zero-order chi connectivity index (χ0) is 15.1. The zero-order valence-corrected chi connectivity index (χ0v) is 13.1. The molecule has 0 radical (unpaired) electrons. The van der Waals surface area contributed by atoms with Crippen molar-refractivity contribution in [2.75, 3.05) is 26.1 Å². The number of ether oxygens (including phenoxy) is 1. The molecule has 0 fully saturated rings. The fraction of sp³-hybridized carbons (Fsp3) is 0.333. The quantitative estimate of drug-likeness (QED) is 0.845. The van der Waals surface area contributed by atoms with Crippen molar-refractivity contribution in [1.29, 1.82) is 0 Å². The highest BCUT2D eigenvalue weighted by Gasteiger charge is 1.98. The maximum atomic E-state index is 5.11. The lowest BCUT2D eigenvalue weighted by Gasteiger charge is -2.13. The zero-order valence-electron chi connectivity index (χ0n) is 13.1. The van der Waals surface area contributed by atoms with Crippen LogP contribution in [0.3, 0.4) is 0 Å². The molecule has 0 aliphatic rings. The van der Waals surface area contributed by atoms with E-state index in [0.29, 0.717) is 6.61 Å². The molecule has 0 aliphatic heterocycles. The van der Waals surface area contributed by atoms with Crippen LogP contribution < -0.4 is 10.2 Å². The van der Waals surface area contributed by atoms with Crippen LogP contribution in [-0.2, 0) is 24.4 Å². The van der Waals surface area contributed by atoms with Crippen molar-refractivity contribution in [3.05, 3.63) is 65.2 Å². The van der Waals surface area contributed by atoms with Gasteiger partial charge in [0.15, 0.2) is 0 Å². The first-order valence-corrected chi connectivity index (χ1v) is 7.23. The highest BCUT2D eigenvalue weighted by molar-refractivity contribution is 5.45. The molecule has 112 valence electrons. The average Bonchev–Trinajstić information content (AvgIpc) is 2.50. The van der Waals surface area contributed by atoms with E-state index in [0.717, 1.165) is 13.1 Å². The number of hydrogen-bond acceptors (Lipinski definition) is 3. The van der Waals surface area contributed by atoms with Gasteiger partial charge in [0.1, 0.15) is 0 Å². The number of benzene rings is 2. The third-order valence-electron chi connectivity index (χ3n) is 3.44. The normalized spacial score (nSPS) is 10.6. The second kappa shape index (κ2) is 7.81. The highest BCUT2D eigenvalue weighted by atomic mass is 16.5. The van der Waals surface area contributed by atoms with E-state index in [1.54, 1.807) is 7.11 Å². The summed E-state index contributed by atoms with van der Waals surface area (Å²) >= 11 is 0. The van der Waals surface area contributed by atoms with Crippen LogP contribution in [0.1, 0.15) is 16.7 Å². The first kappa shape index (κ1) is 15.5. The van der Waals surface area contributed by atoms with Gasteiger partial charge in [0.25, 0.3) is 0 Å². The molecular weight excluding hydrogens is 260 g/mol. The van der Waals surface area contributed by atoms with Gasteiger partial charge in [-0.3, -0.25) is 0 Å². The molecule has 0 unspecified atom stereocenters. The van der Waals surface area contributed by atoms with Crippen LogP contribution in [-0.4, -0.2) is 21.2 Å². The third kappa shape index (κ3) is 4.88. The maximum absolute atomic E-state index is 5.11. The van der Waals surface area contributed by atoms with Gasteiger partial charge in [-0.15, -0.1) is 0 Å². The van der Waals surface area contributed by atoms with Gasteiger partial charge >= 0.3 is 0 Å². The fourth-order valence-electron chi connectivity index (χ4n) is 2.18. The number of hydrogen-bond donors (Lipinski definition) is 1. The summed E-state index contributed by atoms with van der Waals surface area (Å²) in [4.78, 5) is 2.11. The minimum atomic E-state index is 0.673. The molecule has 1 N–H and O–H groups in total. The van der Waals surface area contributed by atoms with E-state index in [9.17, 15) is 0 Å². The molecule has 21 heavy (non-hydrogen) atoms. The topological polar surface area (TPSA) is 24.5 Å². The molecule has 0 heterocycles. The van der Waals surface area contributed by atoms with E-state index in [4.69, 9.17) is 4.74 Å². The molecule has 3 heteroatoms. The van der Waals surface area contributed by atoms with Crippen molar-refractivity contribution in [3.63, 3.8) is 0 Å². The smallest absolute Gasteiger partial charge is 0.0713 e. The van der Waals surface area contributed by atoms with Gasteiger partial charge < -0.3 is 15.0 Å². The summed E-state index contributed by atoms with van der Waals surface area (Å²) in [5.41, 5.74) is 5.03. The molecule has 0 bridgehead atoms. The first-order valence-electron chi connectivity index (χ1n) is 7.23. The lowest BCUT2D eigenvalue weighted by atomic mass is 10.1. The summed E-state index contributed by atoms with van der Waals surface area (Å²) in [6, 6.07) is 17.2. The summed E-state index contributed by atoms with van der Waals surface area (Å²) in [5.74, 6) is 0. The summed E-state index contributed by atoms with van der Waals surface area (Å²) in [6.45, 7) is 2.43. The summed E-state index contributed by atoms with van der Waals surface area (Å²) < 4.78 is 5.11. The molecule has 0 amide bonds. The summed E-state index contributed by atoms with van der Waals surface area (Å²) in [5, 5.41) is 3.47. The molecule has 0 saturated heterocycles. The third-order valence-corrected chi connectivity index (χ3v) is 3.44. The Bertz CT molecular complexity index is 532. The molecule has 0 aliphatic carbocycles. The highest BCUT2D eigenvalue weighted by Crippen LogP contribution is 2.12. The van der Waals surface area contributed by atoms with E-state index in [1.165, 1.54) is 22.4 Å². The molecule has 0 saturated carbocycles. The van der Waals surface area contributed by atoms with Crippen LogP contribution >= 0.6 is 0 Å². The summed E-state index contributed by atoms with van der Waals surface area (Å²) in [7, 11) is 5.83. The van der Waals surface area contributed by atoms with Crippen LogP contribution in [0.5, 0.6) is 0 Å². The van der Waals surface area contributed by atoms with E-state index in [1.807, 2.05) is 0 Å². The lowest BCUT2D eigenvalue weighted by molar-refractivity contribution is 0.185. The second-order valence-corrected chi connectivity index (χ2v) is 5.41. The van der Waals surface area contributed by atoms with Crippen LogP contribution in [0.2, 0.25) is 0 Å². The van der Waals surface area contributed by atoms with Gasteiger partial charge in [0.05, 0.1) is 6.61 Å². The number of anilines is 1. The Labute approximate surface area is 127 Å². The molecule has 0 aromatic heterocycles. The van der Waals surface area contributed by atoms with Gasteiger partial charge in [-0.25, -0.2) is 0 Å². The Balaban J connectivity index is 1.80. The average molecular weight is 284 g/mol. The molecule has 2 aromatic carbocycles. The Morgan fingerprint density at radius 1 is 0.810 bits per heavy atom. The van der Waals surface area contributed by atoms with Crippen molar-refractivity contribution in [2.45, 2.75) is 19.7 Å². The van der Waals surface area contributed by atoms with E-state index in [-0.39, 0.29) is 0 Å². The number of nitrogens with one attached hydrogen (secondary N) is 1. The van der Waals surface area contributed by atoms with E-state index >= 15 is 0 Å². The van der Waals surface area contributed by atoms with Gasteiger partial charge in [0, 0.05) is 40.0 Å². The standard InChI is InChI=1S/C18H24N2O/c1-20(2)18-10-8-16(9-11-18)13-19-12-15-4-6-17(7-5-15)14-21-3/h4-11,19H,12-14H2,1-3H3. The van der Waals surface area contributed by atoms with Gasteiger partial charge in [-0.05, 0) is 28.8 Å². The molecule has 0 atom stereocenters. The van der Waals surface area contributed by atoms with Crippen LogP contribution in [0, 0.1) is 0 Å². The minimum absolute atomic E-state index is 0.673.